The van der Waals surface area contributed by atoms with Crippen LogP contribution in [0.2, 0.25) is 0 Å². The highest BCUT2D eigenvalue weighted by Gasteiger charge is 2.39. The molecule has 0 radical (unpaired) electrons. The number of phenols is 1. The number of aryl methyl sites for hydroxylation is 2. The van der Waals surface area contributed by atoms with E-state index >= 15 is 0 Å². The molecule has 122 heavy (non-hydrogen) atoms. The first-order valence-electron chi connectivity index (χ1n) is 39.2. The number of nitrogens with zero attached hydrogens (tertiary/aromatic N) is 6. The van der Waals surface area contributed by atoms with Crippen molar-refractivity contribution in [1.29, 1.82) is 0 Å². The number of fused-ring (bicyclic) bond motifs is 1. The lowest BCUT2D eigenvalue weighted by Crippen LogP contribution is -2.46. The summed E-state index contributed by atoms with van der Waals surface area (Å²) in [5.74, 6) is -9.90. The molecule has 0 aliphatic carbocycles. The van der Waals surface area contributed by atoms with Crippen LogP contribution in [0.15, 0.2) is 74.6 Å². The minimum atomic E-state index is -5.16. The summed E-state index contributed by atoms with van der Waals surface area (Å²) in [6.07, 6.45) is 3.39. The number of thioether (sulfide) groups is 1. The monoisotopic (exact) mass is 1790 g/mol. The molecule has 6 atom stereocenters. The number of azo groups is 1. The maximum Gasteiger partial charge on any atom is 0.321 e. The molecule has 1 saturated heterocycles. The Bertz CT molecular complexity index is 4610. The van der Waals surface area contributed by atoms with Crippen LogP contribution in [0.5, 0.6) is 5.75 Å². The van der Waals surface area contributed by atoms with Gasteiger partial charge in [-0.15, -0.1) is 16.9 Å². The zero-order valence-electron chi connectivity index (χ0n) is 68.1. The van der Waals surface area contributed by atoms with Gasteiger partial charge in [0.25, 0.3) is 20.2 Å². The van der Waals surface area contributed by atoms with E-state index < -0.39 is 133 Å². The van der Waals surface area contributed by atoms with E-state index in [4.69, 9.17) is 20.7 Å². The lowest BCUT2D eigenvalue weighted by atomic mass is 10.00. The van der Waals surface area contributed by atoms with Gasteiger partial charge in [0.2, 0.25) is 41.4 Å². The van der Waals surface area contributed by atoms with Crippen molar-refractivity contribution < 1.29 is 129 Å². The van der Waals surface area contributed by atoms with Gasteiger partial charge in [-0.05, 0) is 144 Å². The number of nitrogen functional groups attached to an aromatic ring is 1. The number of carbonyl (C=O) groups excluding carboxylic acids is 8. The minimum Gasteiger partial charge on any atom is -0.505 e. The van der Waals surface area contributed by atoms with Gasteiger partial charge in [-0.1, -0.05) is 24.6 Å². The number of amides is 7. The molecule has 1 aliphatic rings. The molecule has 7 amide bonds. The Hall–Kier alpha value is -9.87. The summed E-state index contributed by atoms with van der Waals surface area (Å²) in [7, 11) is -11.2. The fourth-order valence-corrected chi connectivity index (χ4v) is 15.7. The third kappa shape index (κ3) is 36.7. The lowest BCUT2D eigenvalue weighted by molar-refractivity contribution is -0.145. The number of benzene rings is 4. The van der Waals surface area contributed by atoms with Crippen molar-refractivity contribution in [3.8, 4) is 16.9 Å². The molecular formula is C76H110N15O27PS3. The number of carboxylic acids is 5. The van der Waals surface area contributed by atoms with E-state index in [1.54, 1.807) is 62.1 Å². The molecule has 1 heterocycles. The van der Waals surface area contributed by atoms with Crippen LogP contribution in [0.1, 0.15) is 121 Å². The lowest BCUT2D eigenvalue weighted by Gasteiger charge is -2.26. The molecule has 46 heteroatoms. The van der Waals surface area contributed by atoms with Crippen LogP contribution in [0, 0.1) is 13.8 Å². The zero-order valence-corrected chi connectivity index (χ0v) is 71.5. The number of hydrogen-bond acceptors (Lipinski definition) is 30. The summed E-state index contributed by atoms with van der Waals surface area (Å²) in [6.45, 7) is 6.50. The third-order valence-corrected chi connectivity index (χ3v) is 22.9. The van der Waals surface area contributed by atoms with Gasteiger partial charge >= 0.3 is 29.8 Å². The number of nitrogens with two attached hydrogens (primary N) is 1. The Labute approximate surface area is 710 Å². The number of imide groups is 1. The normalized spacial score (nSPS) is 14.2. The highest BCUT2D eigenvalue weighted by molar-refractivity contribution is 8.01. The maximum atomic E-state index is 14.2. The first-order valence-corrected chi connectivity index (χ1v) is 44.0. The highest BCUT2D eigenvalue weighted by atomic mass is 32.2. The quantitative estimate of drug-likeness (QED) is 0.00574. The molecule has 42 nitrogen and oxygen atoms in total. The molecule has 4 aromatic rings. The molecule has 5 rings (SSSR count). The average molecular weight is 1790 g/mol. The summed E-state index contributed by atoms with van der Waals surface area (Å²) in [6, 6.07) is 10.3. The number of Topliss-reactive ketones (excluding diaryl/α,β-unsaturated/α-hetero) is 1. The molecule has 0 bridgehead atoms. The molecule has 0 saturated carbocycles. The van der Waals surface area contributed by atoms with Crippen molar-refractivity contribution in [3.05, 3.63) is 65.7 Å². The number of anilines is 2. The van der Waals surface area contributed by atoms with Crippen LogP contribution in [0.3, 0.4) is 0 Å². The Kier molecular flexibility index (Phi) is 43.7. The Balaban J connectivity index is 1.07. The number of likely N-dealkylation sites (tertiary alicyclic amines) is 1. The van der Waals surface area contributed by atoms with E-state index in [1.165, 1.54) is 4.90 Å². The number of phenolic OH excluding ortho intramolecular Hbond substituents is 1. The predicted octanol–water partition coefficient (Wildman–Crippen LogP) is 2.70. The fraction of sp³-hybridized carbons (Fsp3) is 0.539. The number of ketones is 1. The fourth-order valence-electron chi connectivity index (χ4n) is 12.7. The zero-order chi connectivity index (χ0) is 90.4. The Morgan fingerprint density at radius 3 is 1.81 bits per heavy atom. The number of carbonyl (C=O) groups is 13. The smallest absolute Gasteiger partial charge is 0.321 e. The van der Waals surface area contributed by atoms with Gasteiger partial charge in [0, 0.05) is 121 Å². The molecule has 19 N–H and O–H groups in total. The predicted molar refractivity (Wildman–Crippen MR) is 448 cm³/mol. The molecule has 1 fully saturated rings. The number of nitrogens with one attached hydrogen (secondary N) is 8. The number of ether oxygens (including phenoxy) is 1. The molecule has 0 aromatic heterocycles. The van der Waals surface area contributed by atoms with E-state index in [2.05, 4.69) is 52.8 Å². The summed E-state index contributed by atoms with van der Waals surface area (Å²) < 4.78 is 74.9. The van der Waals surface area contributed by atoms with Gasteiger partial charge in [0.1, 0.15) is 28.3 Å². The molecule has 0 spiro atoms. The number of aliphatic carboxylic acids is 5. The van der Waals surface area contributed by atoms with Crippen molar-refractivity contribution in [1.82, 2.24) is 56.6 Å². The average Bonchev–Trinajstić information content (AvgIpc) is 0.949. The van der Waals surface area contributed by atoms with Gasteiger partial charge in [-0.2, -0.15) is 21.9 Å². The van der Waals surface area contributed by atoms with E-state index in [9.17, 15) is 114 Å². The second-order valence-corrected chi connectivity index (χ2v) is 33.8. The first kappa shape index (κ1) is 103. The highest BCUT2D eigenvalue weighted by Crippen LogP contribution is 2.44. The van der Waals surface area contributed by atoms with Crippen LogP contribution < -0.4 is 48.3 Å². The van der Waals surface area contributed by atoms with Crippen LogP contribution in [-0.4, -0.2) is 298 Å². The standard InChI is InChI=1S/C76H110N15O27PS3/c1-46-35-50(51-16-19-55(47(2)36-51)86-87-56-20-17-53-60(121(112,113)114)38-61(122(115,116)117)72(77)71(53)73(56)106)15-18-54(46)85-74(107)57(82-40-52(92)39-78-27-30-88(42-69(102)103)32-33-89(43-70(104)105)31-28-79-41-68(100)101)12-7-9-26-80-62(93)24-29-90-66(97)37-59(75(90)108)120-44-65(96)81-25-8-5-6-13-63(94)84-49(4)14-22-64(95)83-48(3)11-10-34-118-45-91(119-111)58(76(109)110)21-23-67(98)99/h15-20,35-36,38,48-49,57-59,78-79,82,106,111,119H,5-14,21-34,37,39-45,77H2,1-4H3,(H,80,93)(H,81,96)(H,83,95)(H,84,94)(H,85,107)(H,98,99)(H,100,101)(H,102,103)(H,104,105)(H,109,110)(H,112,113,114)(H,115,116,117)/t48-,49?,57-,58?,59?/m1/s1. The first-order chi connectivity index (χ1) is 57.6. The van der Waals surface area contributed by atoms with E-state index in [0.29, 0.717) is 97.6 Å². The molecule has 1 aliphatic heterocycles. The van der Waals surface area contributed by atoms with Crippen molar-refractivity contribution in [2.24, 2.45) is 10.2 Å². The van der Waals surface area contributed by atoms with Gasteiger partial charge in [-0.25, -0.2) is 4.67 Å². The summed E-state index contributed by atoms with van der Waals surface area (Å²) in [5.41, 5.74) is 8.28. The molecular weight excluding hydrogens is 1680 g/mol. The summed E-state index contributed by atoms with van der Waals surface area (Å²) in [4.78, 5) is 173. The molecule has 674 valence electrons. The van der Waals surface area contributed by atoms with E-state index in [0.717, 1.165) is 33.5 Å². The van der Waals surface area contributed by atoms with Crippen molar-refractivity contribution in [3.63, 3.8) is 0 Å². The van der Waals surface area contributed by atoms with Crippen LogP contribution in [0.4, 0.5) is 22.7 Å². The van der Waals surface area contributed by atoms with Gasteiger partial charge in [-0.3, -0.25) is 91.5 Å². The van der Waals surface area contributed by atoms with Crippen LogP contribution >= 0.6 is 20.7 Å². The van der Waals surface area contributed by atoms with Crippen molar-refractivity contribution in [2.75, 3.05) is 122 Å². The van der Waals surface area contributed by atoms with Crippen molar-refractivity contribution in [2.45, 2.75) is 163 Å². The number of rotatable bonds is 61. The molecule has 4 unspecified atom stereocenters. The van der Waals surface area contributed by atoms with E-state index in [1.807, 2.05) is 6.92 Å². The Morgan fingerprint density at radius 2 is 1.21 bits per heavy atom. The largest absolute Gasteiger partial charge is 0.505 e. The summed E-state index contributed by atoms with van der Waals surface area (Å²) >= 11 is 1.00. The number of unbranched alkanes of at least 4 members (excludes halogenated alkanes) is 3. The van der Waals surface area contributed by atoms with Gasteiger partial charge in [0.05, 0.1) is 75.5 Å². The SMILES string of the molecule is Cc1cc(-c2ccc(NC(=O)[C@@H](CCCCNC(=O)CCN3C(=O)CC(SCC(=O)NCCCCCC(=O)NC(C)CCC(=O)N[C@H](C)CCCOCN(PO)C(CCC(=O)O)C(=O)O)C3=O)NCC(=O)CNCCN(CCN(CCNCC(=O)O)CC(=O)O)CC(=O)O)c(C)c2)ccc1N=Nc1ccc2c(S(=O)(=O)O)cc(S(=O)(=O)O)c(N)c2c1O. The second-order valence-electron chi connectivity index (χ2n) is 29.0. The van der Waals surface area contributed by atoms with Crippen LogP contribution in [0.25, 0.3) is 21.9 Å². The van der Waals surface area contributed by atoms with Gasteiger partial charge < -0.3 is 83.2 Å². The second kappa shape index (κ2) is 51.9. The number of aromatic hydroxyl groups is 1. The minimum absolute atomic E-state index is 0.113. The summed E-state index contributed by atoms with van der Waals surface area (Å²) in [5, 5.41) is 87.0. The van der Waals surface area contributed by atoms with Gasteiger partial charge in [0.15, 0.2) is 11.5 Å². The van der Waals surface area contributed by atoms with Crippen molar-refractivity contribution >= 4 is 151 Å². The van der Waals surface area contributed by atoms with Crippen LogP contribution in [-0.2, 0) is 87.3 Å². The number of hydrogen-bond donors (Lipinski definition) is 18. The number of carboxylic acid groups (broad SMARTS) is 5. The topological polar surface area (TPSA) is 641 Å². The molecule has 4 aromatic carbocycles. The maximum absolute atomic E-state index is 14.2. The van der Waals surface area contributed by atoms with E-state index in [-0.39, 0.29) is 189 Å². The third-order valence-electron chi connectivity index (χ3n) is 19.2. The Morgan fingerprint density at radius 1 is 0.623 bits per heavy atom.